The zero-order valence-corrected chi connectivity index (χ0v) is 9.34. The monoisotopic (exact) mass is 273 g/mol. The van der Waals surface area contributed by atoms with E-state index in [-0.39, 0.29) is 0 Å². The maximum Gasteiger partial charge on any atom is 0.0406 e. The summed E-state index contributed by atoms with van der Waals surface area (Å²) in [6, 6.07) is 6.72. The fourth-order valence-electron chi connectivity index (χ4n) is 1.73. The van der Waals surface area contributed by atoms with E-state index in [2.05, 4.69) is 52.7 Å². The predicted octanol–water partition coefficient (Wildman–Crippen LogP) is 2.67. The Kier molecular flexibility index (Phi) is 2.26. The van der Waals surface area contributed by atoms with Gasteiger partial charge in [0.15, 0.2) is 0 Å². The molecule has 1 aromatic rings. The first-order chi connectivity index (χ1) is 5.77. The zero-order chi connectivity index (χ0) is 8.55. The third kappa shape index (κ3) is 1.44. The van der Waals surface area contributed by atoms with Gasteiger partial charge in [0.05, 0.1) is 0 Å². The van der Waals surface area contributed by atoms with Crippen LogP contribution < -0.4 is 4.90 Å². The highest BCUT2D eigenvalue weighted by molar-refractivity contribution is 14.1. The van der Waals surface area contributed by atoms with Crippen molar-refractivity contribution in [2.24, 2.45) is 0 Å². The van der Waals surface area contributed by atoms with Crippen LogP contribution in [0.2, 0.25) is 0 Å². The third-order valence-corrected chi connectivity index (χ3v) is 3.07. The Morgan fingerprint density at radius 2 is 2.25 bits per heavy atom. The Labute approximate surface area is 86.9 Å². The number of anilines is 1. The second kappa shape index (κ2) is 3.24. The van der Waals surface area contributed by atoms with E-state index >= 15 is 0 Å². The van der Waals surface area contributed by atoms with Crippen molar-refractivity contribution in [3.63, 3.8) is 0 Å². The minimum atomic E-state index is 1.20. The summed E-state index contributed by atoms with van der Waals surface area (Å²) in [6.07, 6.45) is 2.54. The summed E-state index contributed by atoms with van der Waals surface area (Å²) in [7, 11) is 2.17. The molecule has 64 valence electrons. The van der Waals surface area contributed by atoms with E-state index in [1.54, 1.807) is 0 Å². The SMILES string of the molecule is CN1CCCc2ccc(I)cc21. The molecule has 2 rings (SSSR count). The average Bonchev–Trinajstić information content (AvgIpc) is 2.07. The van der Waals surface area contributed by atoms with E-state index < -0.39 is 0 Å². The molecule has 0 unspecified atom stereocenters. The van der Waals surface area contributed by atoms with Gasteiger partial charge in [0.2, 0.25) is 0 Å². The van der Waals surface area contributed by atoms with Crippen LogP contribution in [0.5, 0.6) is 0 Å². The Morgan fingerprint density at radius 3 is 3.08 bits per heavy atom. The highest BCUT2D eigenvalue weighted by atomic mass is 127. The Bertz CT molecular complexity index is 296. The fraction of sp³-hybridized carbons (Fsp3) is 0.400. The summed E-state index contributed by atoms with van der Waals surface area (Å²) in [5.41, 5.74) is 2.93. The lowest BCUT2D eigenvalue weighted by Crippen LogP contribution is -2.24. The first-order valence-corrected chi connectivity index (χ1v) is 5.35. The van der Waals surface area contributed by atoms with Gasteiger partial charge in [-0.15, -0.1) is 0 Å². The van der Waals surface area contributed by atoms with E-state index in [4.69, 9.17) is 0 Å². The smallest absolute Gasteiger partial charge is 0.0406 e. The van der Waals surface area contributed by atoms with Crippen LogP contribution in [0.25, 0.3) is 0 Å². The zero-order valence-electron chi connectivity index (χ0n) is 7.18. The lowest BCUT2D eigenvalue weighted by Gasteiger charge is -2.27. The van der Waals surface area contributed by atoms with Crippen LogP contribution >= 0.6 is 22.6 Å². The molecule has 1 nitrogen and oxygen atoms in total. The van der Waals surface area contributed by atoms with Gasteiger partial charge in [-0.25, -0.2) is 0 Å². The van der Waals surface area contributed by atoms with Crippen molar-refractivity contribution in [1.82, 2.24) is 0 Å². The molecule has 0 spiro atoms. The molecule has 0 saturated carbocycles. The number of hydrogen-bond donors (Lipinski definition) is 0. The summed E-state index contributed by atoms with van der Waals surface area (Å²) in [4.78, 5) is 2.35. The van der Waals surface area contributed by atoms with Crippen molar-refractivity contribution in [3.05, 3.63) is 27.3 Å². The van der Waals surface area contributed by atoms with Crippen LogP contribution in [0.3, 0.4) is 0 Å². The molecular weight excluding hydrogens is 261 g/mol. The van der Waals surface area contributed by atoms with Crippen LogP contribution in [0.1, 0.15) is 12.0 Å². The first-order valence-electron chi connectivity index (χ1n) is 4.27. The molecule has 0 radical (unpaired) electrons. The quantitative estimate of drug-likeness (QED) is 0.657. The van der Waals surface area contributed by atoms with Crippen LogP contribution in [0, 0.1) is 3.57 Å². The number of benzene rings is 1. The molecule has 0 N–H and O–H groups in total. The van der Waals surface area contributed by atoms with E-state index in [1.807, 2.05) is 0 Å². The molecule has 0 atom stereocenters. The van der Waals surface area contributed by atoms with Crippen molar-refractivity contribution < 1.29 is 0 Å². The summed E-state index contributed by atoms with van der Waals surface area (Å²) >= 11 is 2.37. The molecule has 0 aliphatic carbocycles. The summed E-state index contributed by atoms with van der Waals surface area (Å²) in [5, 5.41) is 0. The molecule has 12 heavy (non-hydrogen) atoms. The third-order valence-electron chi connectivity index (χ3n) is 2.40. The van der Waals surface area contributed by atoms with Crippen LogP contribution in [0.4, 0.5) is 5.69 Å². The first kappa shape index (κ1) is 8.35. The van der Waals surface area contributed by atoms with Gasteiger partial charge in [0.1, 0.15) is 0 Å². The fourth-order valence-corrected chi connectivity index (χ4v) is 2.21. The number of aryl methyl sites for hydroxylation is 1. The summed E-state index contributed by atoms with van der Waals surface area (Å²) < 4.78 is 1.33. The average molecular weight is 273 g/mol. The number of nitrogens with zero attached hydrogens (tertiary/aromatic N) is 1. The van der Waals surface area contributed by atoms with Gasteiger partial charge in [0.25, 0.3) is 0 Å². The molecule has 1 heterocycles. The molecular formula is C10H12IN. The van der Waals surface area contributed by atoms with Crippen molar-refractivity contribution in [3.8, 4) is 0 Å². The molecule has 0 fully saturated rings. The molecule has 1 aromatic carbocycles. The summed E-state index contributed by atoms with van der Waals surface area (Å²) in [6.45, 7) is 1.20. The molecule has 2 heteroatoms. The van der Waals surface area contributed by atoms with Gasteiger partial charge in [-0.2, -0.15) is 0 Å². The molecule has 0 bridgehead atoms. The largest absolute Gasteiger partial charge is 0.374 e. The molecule has 0 saturated heterocycles. The Morgan fingerprint density at radius 1 is 1.42 bits per heavy atom. The van der Waals surface area contributed by atoms with E-state index in [0.29, 0.717) is 0 Å². The Hall–Kier alpha value is -0.250. The molecule has 1 aliphatic rings. The van der Waals surface area contributed by atoms with Crippen molar-refractivity contribution in [1.29, 1.82) is 0 Å². The predicted molar refractivity (Wildman–Crippen MR) is 60.8 cm³/mol. The number of rotatable bonds is 0. The van der Waals surface area contributed by atoms with Crippen molar-refractivity contribution >= 4 is 28.3 Å². The number of hydrogen-bond acceptors (Lipinski definition) is 1. The molecule has 0 amide bonds. The highest BCUT2D eigenvalue weighted by Crippen LogP contribution is 2.27. The Balaban J connectivity index is 2.47. The normalized spacial score (nSPS) is 16.0. The summed E-state index contributed by atoms with van der Waals surface area (Å²) in [5.74, 6) is 0. The van der Waals surface area contributed by atoms with Crippen LogP contribution in [-0.2, 0) is 6.42 Å². The minimum absolute atomic E-state index is 1.20. The maximum atomic E-state index is 2.37. The van der Waals surface area contributed by atoms with Crippen molar-refractivity contribution in [2.45, 2.75) is 12.8 Å². The van der Waals surface area contributed by atoms with Gasteiger partial charge in [-0.1, -0.05) is 6.07 Å². The van der Waals surface area contributed by atoms with Crippen molar-refractivity contribution in [2.75, 3.05) is 18.5 Å². The van der Waals surface area contributed by atoms with Crippen LogP contribution in [0.15, 0.2) is 18.2 Å². The highest BCUT2D eigenvalue weighted by Gasteiger charge is 2.12. The van der Waals surface area contributed by atoms with Gasteiger partial charge in [-0.3, -0.25) is 0 Å². The van der Waals surface area contributed by atoms with E-state index in [9.17, 15) is 0 Å². The van der Waals surface area contributed by atoms with E-state index in [1.165, 1.54) is 34.2 Å². The topological polar surface area (TPSA) is 3.24 Å². The van der Waals surface area contributed by atoms with Gasteiger partial charge >= 0.3 is 0 Å². The molecule has 1 aliphatic heterocycles. The lowest BCUT2D eigenvalue weighted by molar-refractivity contribution is 0.744. The van der Waals surface area contributed by atoms with Gasteiger partial charge in [-0.05, 0) is 53.1 Å². The second-order valence-electron chi connectivity index (χ2n) is 3.30. The molecule has 0 aromatic heterocycles. The standard InChI is InChI=1S/C10H12IN/c1-12-6-2-3-8-4-5-9(11)7-10(8)12/h4-5,7H,2-3,6H2,1H3. The minimum Gasteiger partial charge on any atom is -0.374 e. The van der Waals surface area contributed by atoms with Gasteiger partial charge < -0.3 is 4.90 Å². The van der Waals surface area contributed by atoms with Crippen LogP contribution in [-0.4, -0.2) is 13.6 Å². The lowest BCUT2D eigenvalue weighted by atomic mass is 10.0. The number of fused-ring (bicyclic) bond motifs is 1. The number of halogens is 1. The maximum absolute atomic E-state index is 2.37. The second-order valence-corrected chi connectivity index (χ2v) is 4.54. The van der Waals surface area contributed by atoms with E-state index in [0.717, 1.165) is 0 Å². The van der Waals surface area contributed by atoms with Gasteiger partial charge in [0, 0.05) is 22.8 Å².